The number of ketones is 1. The molecule has 0 amide bonds. The molecule has 0 aliphatic heterocycles. The molecule has 0 atom stereocenters. The monoisotopic (exact) mass is 284 g/mol. The van der Waals surface area contributed by atoms with Gasteiger partial charge in [-0.1, -0.05) is 6.92 Å². The van der Waals surface area contributed by atoms with Crippen LogP contribution in [0.1, 0.15) is 28.1 Å². The minimum Gasteiger partial charge on any atom is -0.458 e. The lowest BCUT2D eigenvalue weighted by molar-refractivity contribution is 0.101. The molecule has 0 fully saturated rings. The zero-order valence-corrected chi connectivity index (χ0v) is 10.5. The van der Waals surface area contributed by atoms with Gasteiger partial charge in [0.15, 0.2) is 5.76 Å². The Balaban J connectivity index is 2.28. The van der Waals surface area contributed by atoms with Gasteiger partial charge < -0.3 is 4.42 Å². The molecule has 0 spiro atoms. The summed E-state index contributed by atoms with van der Waals surface area (Å²) >= 11 is 4.74. The van der Waals surface area contributed by atoms with E-state index >= 15 is 0 Å². The Hall–Kier alpha value is -0.870. The van der Waals surface area contributed by atoms with Crippen molar-refractivity contribution in [2.75, 3.05) is 0 Å². The number of hydrogen-bond acceptors (Lipinski definition) is 3. The zero-order valence-electron chi connectivity index (χ0n) is 8.12. The first-order valence-electron chi connectivity index (χ1n) is 4.59. The number of rotatable bonds is 3. The molecule has 0 aromatic carbocycles. The fraction of sp³-hybridized carbons (Fsp3) is 0.182. The highest BCUT2D eigenvalue weighted by molar-refractivity contribution is 9.11. The molecular weight excluding hydrogens is 276 g/mol. The Labute approximate surface area is 100 Å². The van der Waals surface area contributed by atoms with Crippen LogP contribution in [-0.2, 0) is 6.42 Å². The van der Waals surface area contributed by atoms with Crippen LogP contribution in [0.2, 0.25) is 0 Å². The highest BCUT2D eigenvalue weighted by Crippen LogP contribution is 2.25. The average molecular weight is 285 g/mol. The lowest BCUT2D eigenvalue weighted by Gasteiger charge is -1.92. The minimum atomic E-state index is -0.0506. The van der Waals surface area contributed by atoms with Crippen molar-refractivity contribution in [3.63, 3.8) is 0 Å². The maximum atomic E-state index is 11.9. The van der Waals surface area contributed by atoms with Gasteiger partial charge in [0.1, 0.15) is 5.76 Å². The number of carbonyl (C=O) groups excluding carboxylic acids is 1. The predicted octanol–water partition coefficient (Wildman–Crippen LogP) is 3.90. The molecule has 2 rings (SSSR count). The largest absolute Gasteiger partial charge is 0.458 e. The van der Waals surface area contributed by atoms with Crippen molar-refractivity contribution in [3.8, 4) is 0 Å². The van der Waals surface area contributed by atoms with E-state index in [9.17, 15) is 4.79 Å². The van der Waals surface area contributed by atoms with Gasteiger partial charge >= 0.3 is 0 Å². The van der Waals surface area contributed by atoms with E-state index in [4.69, 9.17) is 4.42 Å². The van der Waals surface area contributed by atoms with Crippen LogP contribution in [0.5, 0.6) is 0 Å². The maximum Gasteiger partial charge on any atom is 0.238 e. The summed E-state index contributed by atoms with van der Waals surface area (Å²) in [6.45, 7) is 1.99. The summed E-state index contributed by atoms with van der Waals surface area (Å²) < 4.78 is 6.35. The van der Waals surface area contributed by atoms with E-state index in [1.54, 1.807) is 12.1 Å². The molecule has 15 heavy (non-hydrogen) atoms. The highest BCUT2D eigenvalue weighted by atomic mass is 79.9. The molecule has 0 aliphatic rings. The van der Waals surface area contributed by atoms with Gasteiger partial charge in [-0.15, -0.1) is 11.3 Å². The van der Waals surface area contributed by atoms with Gasteiger partial charge in [-0.25, -0.2) is 0 Å². The quantitative estimate of drug-likeness (QED) is 0.801. The van der Waals surface area contributed by atoms with E-state index in [1.807, 2.05) is 19.1 Å². The summed E-state index contributed by atoms with van der Waals surface area (Å²) in [5.41, 5.74) is 0. The third-order valence-corrected chi connectivity index (χ3v) is 3.65. The third-order valence-electron chi connectivity index (χ3n) is 2.03. The number of carbonyl (C=O) groups is 1. The summed E-state index contributed by atoms with van der Waals surface area (Å²) in [6, 6.07) is 7.23. The second kappa shape index (κ2) is 4.33. The molecule has 2 aromatic rings. The Morgan fingerprint density at radius 2 is 2.20 bits per heavy atom. The van der Waals surface area contributed by atoms with Gasteiger partial charge in [0.2, 0.25) is 5.78 Å². The van der Waals surface area contributed by atoms with Crippen molar-refractivity contribution in [1.82, 2.24) is 0 Å². The molecule has 0 N–H and O–H groups in total. The normalized spacial score (nSPS) is 10.5. The predicted molar refractivity (Wildman–Crippen MR) is 63.5 cm³/mol. The number of aryl methyl sites for hydroxylation is 1. The van der Waals surface area contributed by atoms with Crippen molar-refractivity contribution in [1.29, 1.82) is 0 Å². The van der Waals surface area contributed by atoms with Crippen LogP contribution < -0.4 is 0 Å². The van der Waals surface area contributed by atoms with Crippen LogP contribution in [0.3, 0.4) is 0 Å². The van der Waals surface area contributed by atoms with Gasteiger partial charge in [0.05, 0.1) is 8.66 Å². The van der Waals surface area contributed by atoms with E-state index in [1.165, 1.54) is 11.3 Å². The molecule has 0 aliphatic carbocycles. The summed E-state index contributed by atoms with van der Waals surface area (Å²) in [6.07, 6.45) is 0.807. The van der Waals surface area contributed by atoms with Crippen LogP contribution in [0.4, 0.5) is 0 Å². The summed E-state index contributed by atoms with van der Waals surface area (Å²) in [7, 11) is 0. The molecule has 2 nitrogen and oxygen atoms in total. The Morgan fingerprint density at radius 1 is 1.40 bits per heavy atom. The molecule has 0 saturated heterocycles. The van der Waals surface area contributed by atoms with E-state index < -0.39 is 0 Å². The van der Waals surface area contributed by atoms with Crippen molar-refractivity contribution >= 4 is 33.0 Å². The Morgan fingerprint density at radius 3 is 2.73 bits per heavy atom. The van der Waals surface area contributed by atoms with E-state index in [0.29, 0.717) is 10.6 Å². The number of thiophene rings is 1. The zero-order chi connectivity index (χ0) is 10.8. The maximum absolute atomic E-state index is 11.9. The second-order valence-corrected chi connectivity index (χ2v) is 5.52. The molecule has 0 bridgehead atoms. The van der Waals surface area contributed by atoms with Gasteiger partial charge in [-0.3, -0.25) is 4.79 Å². The van der Waals surface area contributed by atoms with Crippen molar-refractivity contribution in [3.05, 3.63) is 44.4 Å². The van der Waals surface area contributed by atoms with Gasteiger partial charge in [-0.2, -0.15) is 0 Å². The second-order valence-electron chi connectivity index (χ2n) is 3.05. The SMILES string of the molecule is CCc1ccc(C(=O)c2ccc(Br)s2)o1. The highest BCUT2D eigenvalue weighted by Gasteiger charge is 2.14. The Bertz CT molecular complexity index is 484. The topological polar surface area (TPSA) is 30.2 Å². The van der Waals surface area contributed by atoms with Gasteiger partial charge in [0.25, 0.3) is 0 Å². The average Bonchev–Trinajstić information content (AvgIpc) is 2.84. The summed E-state index contributed by atoms with van der Waals surface area (Å²) in [5.74, 6) is 1.21. The molecular formula is C11H9BrO2S. The molecule has 2 heterocycles. The third kappa shape index (κ3) is 2.21. The molecule has 4 heteroatoms. The van der Waals surface area contributed by atoms with E-state index in [-0.39, 0.29) is 5.78 Å². The Kier molecular flexibility index (Phi) is 3.07. The summed E-state index contributed by atoms with van der Waals surface area (Å²) in [4.78, 5) is 12.6. The van der Waals surface area contributed by atoms with Crippen molar-refractivity contribution < 1.29 is 9.21 Å². The summed E-state index contributed by atoms with van der Waals surface area (Å²) in [5, 5.41) is 0. The number of hydrogen-bond donors (Lipinski definition) is 0. The van der Waals surface area contributed by atoms with Crippen LogP contribution in [0, 0.1) is 0 Å². The molecule has 2 aromatic heterocycles. The van der Waals surface area contributed by atoms with Crippen molar-refractivity contribution in [2.45, 2.75) is 13.3 Å². The lowest BCUT2D eigenvalue weighted by atomic mass is 10.2. The lowest BCUT2D eigenvalue weighted by Crippen LogP contribution is -1.95. The van der Waals surface area contributed by atoms with Crippen LogP contribution in [0.25, 0.3) is 0 Å². The van der Waals surface area contributed by atoms with Crippen molar-refractivity contribution in [2.24, 2.45) is 0 Å². The fourth-order valence-corrected chi connectivity index (χ4v) is 2.58. The first kappa shape index (κ1) is 10.6. The van der Waals surface area contributed by atoms with Crippen LogP contribution in [0.15, 0.2) is 32.5 Å². The van der Waals surface area contributed by atoms with Gasteiger partial charge in [0, 0.05) is 6.42 Å². The first-order valence-corrected chi connectivity index (χ1v) is 6.20. The standard InChI is InChI=1S/C11H9BrO2S/c1-2-7-3-4-8(14-7)11(13)9-5-6-10(12)15-9/h3-6H,2H2,1H3. The molecule has 0 radical (unpaired) electrons. The van der Waals surface area contributed by atoms with E-state index in [2.05, 4.69) is 15.9 Å². The molecule has 78 valence electrons. The smallest absolute Gasteiger partial charge is 0.238 e. The minimum absolute atomic E-state index is 0.0506. The van der Waals surface area contributed by atoms with Gasteiger partial charge in [-0.05, 0) is 40.2 Å². The van der Waals surface area contributed by atoms with Crippen LogP contribution in [-0.4, -0.2) is 5.78 Å². The number of furan rings is 1. The number of halogens is 1. The molecule has 0 saturated carbocycles. The van der Waals surface area contributed by atoms with Crippen LogP contribution >= 0.6 is 27.3 Å². The van der Waals surface area contributed by atoms with E-state index in [0.717, 1.165) is 16.0 Å². The fourth-order valence-electron chi connectivity index (χ4n) is 1.25. The first-order chi connectivity index (χ1) is 7.20. The molecule has 0 unspecified atom stereocenters.